The summed E-state index contributed by atoms with van der Waals surface area (Å²) in [5.74, 6) is 0.895. The molecule has 22 heavy (non-hydrogen) atoms. The van der Waals surface area contributed by atoms with Crippen LogP contribution in [0.2, 0.25) is 0 Å². The first-order chi connectivity index (χ1) is 10.6. The number of nitrogens with one attached hydrogen (secondary N) is 1. The van der Waals surface area contributed by atoms with Crippen LogP contribution in [0.4, 0.5) is 0 Å². The molecule has 0 fully saturated rings. The normalized spacial score (nSPS) is 11.5. The number of aryl methyl sites for hydroxylation is 2. The largest absolute Gasteiger partial charge is 0.354 e. The molecule has 2 rings (SSSR count). The number of nitrogens with zero attached hydrogens (tertiary/aromatic N) is 4. The molecular formula is C17H25N5. The van der Waals surface area contributed by atoms with Crippen LogP contribution in [0.1, 0.15) is 16.7 Å². The van der Waals surface area contributed by atoms with E-state index in [1.54, 1.807) is 0 Å². The quantitative estimate of drug-likeness (QED) is 0.680. The third-order valence-electron chi connectivity index (χ3n) is 3.63. The van der Waals surface area contributed by atoms with Crippen LogP contribution in [0.3, 0.4) is 0 Å². The van der Waals surface area contributed by atoms with Crippen molar-refractivity contribution in [3.05, 3.63) is 53.3 Å². The summed E-state index contributed by atoms with van der Waals surface area (Å²) in [6.45, 7) is 6.65. The van der Waals surface area contributed by atoms with Crippen molar-refractivity contribution < 1.29 is 0 Å². The number of benzene rings is 1. The van der Waals surface area contributed by atoms with Gasteiger partial charge in [0, 0.05) is 33.4 Å². The lowest BCUT2D eigenvalue weighted by atomic mass is 10.1. The van der Waals surface area contributed by atoms with Crippen molar-refractivity contribution in [3.8, 4) is 0 Å². The predicted molar refractivity (Wildman–Crippen MR) is 91.0 cm³/mol. The van der Waals surface area contributed by atoms with Crippen molar-refractivity contribution in [1.82, 2.24) is 20.0 Å². The maximum atomic E-state index is 4.35. The van der Waals surface area contributed by atoms with E-state index in [0.29, 0.717) is 0 Å². The van der Waals surface area contributed by atoms with Gasteiger partial charge in [-0.3, -0.25) is 9.67 Å². The molecular weight excluding hydrogens is 274 g/mol. The highest BCUT2D eigenvalue weighted by Crippen LogP contribution is 2.09. The molecule has 0 saturated carbocycles. The van der Waals surface area contributed by atoms with E-state index in [-0.39, 0.29) is 0 Å². The molecule has 1 heterocycles. The summed E-state index contributed by atoms with van der Waals surface area (Å²) in [6.07, 6.45) is 3.92. The van der Waals surface area contributed by atoms with E-state index in [0.717, 1.165) is 25.6 Å². The summed E-state index contributed by atoms with van der Waals surface area (Å²) in [5, 5.41) is 7.67. The van der Waals surface area contributed by atoms with E-state index in [1.165, 1.54) is 16.7 Å². The molecule has 1 aromatic heterocycles. The lowest BCUT2D eigenvalue weighted by molar-refractivity contribution is 0.469. The Morgan fingerprint density at radius 3 is 2.73 bits per heavy atom. The van der Waals surface area contributed by atoms with Gasteiger partial charge in [0.2, 0.25) is 0 Å². The molecule has 0 spiro atoms. The van der Waals surface area contributed by atoms with Crippen LogP contribution in [0.15, 0.2) is 41.7 Å². The van der Waals surface area contributed by atoms with Crippen molar-refractivity contribution in [2.24, 2.45) is 4.99 Å². The minimum atomic E-state index is 0.798. The molecule has 0 bridgehead atoms. The molecule has 118 valence electrons. The van der Waals surface area contributed by atoms with Gasteiger partial charge < -0.3 is 10.2 Å². The maximum Gasteiger partial charge on any atom is 0.193 e. The Kier molecular flexibility index (Phi) is 5.58. The van der Waals surface area contributed by atoms with Crippen LogP contribution in [0, 0.1) is 13.8 Å². The average molecular weight is 299 g/mol. The summed E-state index contributed by atoms with van der Waals surface area (Å²) in [4.78, 5) is 6.49. The molecule has 0 aliphatic heterocycles. The van der Waals surface area contributed by atoms with Crippen molar-refractivity contribution >= 4 is 5.96 Å². The van der Waals surface area contributed by atoms with Crippen LogP contribution < -0.4 is 5.32 Å². The fourth-order valence-corrected chi connectivity index (χ4v) is 2.37. The number of aromatic nitrogens is 2. The van der Waals surface area contributed by atoms with Crippen molar-refractivity contribution in [2.75, 3.05) is 20.6 Å². The predicted octanol–water partition coefficient (Wildman–Crippen LogP) is 2.21. The van der Waals surface area contributed by atoms with Crippen molar-refractivity contribution in [3.63, 3.8) is 0 Å². The second-order valence-electron chi connectivity index (χ2n) is 5.54. The third kappa shape index (κ3) is 4.35. The van der Waals surface area contributed by atoms with E-state index < -0.39 is 0 Å². The molecule has 0 atom stereocenters. The van der Waals surface area contributed by atoms with E-state index in [1.807, 2.05) is 31.0 Å². The average Bonchev–Trinajstić information content (AvgIpc) is 2.91. The zero-order valence-electron chi connectivity index (χ0n) is 13.9. The molecule has 0 aliphatic rings. The molecule has 0 saturated heterocycles. The summed E-state index contributed by atoms with van der Waals surface area (Å²) < 4.78 is 1.94. The second kappa shape index (κ2) is 7.64. The fraction of sp³-hybridized carbons (Fsp3) is 0.412. The first-order valence-corrected chi connectivity index (χ1v) is 7.55. The van der Waals surface area contributed by atoms with Gasteiger partial charge in [0.05, 0.1) is 12.7 Å². The van der Waals surface area contributed by atoms with Crippen LogP contribution in [0.25, 0.3) is 0 Å². The first kappa shape index (κ1) is 16.1. The summed E-state index contributed by atoms with van der Waals surface area (Å²) in [7, 11) is 3.87. The third-order valence-corrected chi connectivity index (χ3v) is 3.63. The van der Waals surface area contributed by atoms with Gasteiger partial charge in [0.25, 0.3) is 0 Å². The van der Waals surface area contributed by atoms with E-state index in [2.05, 4.69) is 58.5 Å². The van der Waals surface area contributed by atoms with Gasteiger partial charge in [-0.25, -0.2) is 0 Å². The standard InChI is InChI=1S/C17H25N5/c1-14-11-20-22(12-14)10-9-19-17(18-3)21(4)13-16-8-6-5-7-15(16)2/h5-8,11-12H,9-10,13H2,1-4H3,(H,18,19). The number of rotatable bonds is 5. The van der Waals surface area contributed by atoms with E-state index in [4.69, 9.17) is 0 Å². The summed E-state index contributed by atoms with van der Waals surface area (Å²) >= 11 is 0. The Morgan fingerprint density at radius 2 is 2.09 bits per heavy atom. The van der Waals surface area contributed by atoms with Crippen LogP contribution in [0.5, 0.6) is 0 Å². The highest BCUT2D eigenvalue weighted by atomic mass is 15.3. The molecule has 5 heteroatoms. The Morgan fingerprint density at radius 1 is 1.32 bits per heavy atom. The van der Waals surface area contributed by atoms with Crippen molar-refractivity contribution in [1.29, 1.82) is 0 Å². The zero-order chi connectivity index (χ0) is 15.9. The summed E-state index contributed by atoms with van der Waals surface area (Å²) in [5.41, 5.74) is 3.80. The molecule has 1 aromatic carbocycles. The topological polar surface area (TPSA) is 45.5 Å². The number of hydrogen-bond donors (Lipinski definition) is 1. The summed E-state index contributed by atoms with van der Waals surface area (Å²) in [6, 6.07) is 8.44. The number of aliphatic imine (C=N–C) groups is 1. The Bertz CT molecular complexity index is 629. The first-order valence-electron chi connectivity index (χ1n) is 7.55. The minimum absolute atomic E-state index is 0.798. The van der Waals surface area contributed by atoms with Gasteiger partial charge in [-0.15, -0.1) is 0 Å². The van der Waals surface area contributed by atoms with E-state index in [9.17, 15) is 0 Å². The Labute approximate surface area is 132 Å². The van der Waals surface area contributed by atoms with Gasteiger partial charge in [-0.05, 0) is 30.5 Å². The molecule has 2 aromatic rings. The van der Waals surface area contributed by atoms with Crippen molar-refractivity contribution in [2.45, 2.75) is 26.9 Å². The molecule has 5 nitrogen and oxygen atoms in total. The lowest BCUT2D eigenvalue weighted by Gasteiger charge is -2.23. The minimum Gasteiger partial charge on any atom is -0.354 e. The van der Waals surface area contributed by atoms with Gasteiger partial charge in [0.15, 0.2) is 5.96 Å². The lowest BCUT2D eigenvalue weighted by Crippen LogP contribution is -2.40. The maximum absolute atomic E-state index is 4.35. The highest BCUT2D eigenvalue weighted by Gasteiger charge is 2.07. The molecule has 0 radical (unpaired) electrons. The smallest absolute Gasteiger partial charge is 0.193 e. The highest BCUT2D eigenvalue weighted by molar-refractivity contribution is 5.79. The van der Waals surface area contributed by atoms with Crippen LogP contribution in [-0.2, 0) is 13.1 Å². The van der Waals surface area contributed by atoms with Gasteiger partial charge in [0.1, 0.15) is 0 Å². The number of hydrogen-bond acceptors (Lipinski definition) is 2. The number of guanidine groups is 1. The zero-order valence-corrected chi connectivity index (χ0v) is 13.9. The van der Waals surface area contributed by atoms with Gasteiger partial charge in [-0.2, -0.15) is 5.10 Å². The molecule has 0 unspecified atom stereocenters. The van der Waals surface area contributed by atoms with E-state index >= 15 is 0 Å². The second-order valence-corrected chi connectivity index (χ2v) is 5.54. The monoisotopic (exact) mass is 299 g/mol. The molecule has 1 N–H and O–H groups in total. The molecule has 0 aliphatic carbocycles. The van der Waals surface area contributed by atoms with Gasteiger partial charge in [-0.1, -0.05) is 24.3 Å². The molecule has 0 amide bonds. The fourth-order valence-electron chi connectivity index (χ4n) is 2.37. The Hall–Kier alpha value is -2.30. The SMILES string of the molecule is CN=C(NCCn1cc(C)cn1)N(C)Cc1ccccc1C. The Balaban J connectivity index is 1.87. The van der Waals surface area contributed by atoms with Gasteiger partial charge >= 0.3 is 0 Å². The van der Waals surface area contributed by atoms with Crippen LogP contribution in [-0.4, -0.2) is 41.3 Å². The van der Waals surface area contributed by atoms with Crippen LogP contribution >= 0.6 is 0 Å².